The zero-order valence-corrected chi connectivity index (χ0v) is 15.4. The van der Waals surface area contributed by atoms with Gasteiger partial charge >= 0.3 is 149 Å². The van der Waals surface area contributed by atoms with Crippen LogP contribution >= 0.6 is 20.2 Å². The number of halogens is 6. The van der Waals surface area contributed by atoms with Crippen LogP contribution in [0, 0.1) is 9.39 Å². The van der Waals surface area contributed by atoms with E-state index in [-0.39, 0.29) is 3.57 Å². The fourth-order valence-electron chi connectivity index (χ4n) is 2.36. The standard InChI is InChI=1S/C17H14F5IO2/c1-15(2)13-5-3-4-6-14(13)23(25-15)16(19,20)17(21,22)24-12-9-7-11(18)8-10-12/h3-10H,1-2H3. The molecule has 0 spiro atoms. The quantitative estimate of drug-likeness (QED) is 0.311. The molecule has 0 aromatic heterocycles. The third-order valence-electron chi connectivity index (χ3n) is 3.58. The Morgan fingerprint density at radius 3 is 2.20 bits per heavy atom. The Balaban J connectivity index is 1.94. The maximum atomic E-state index is 14.7. The molecule has 2 aromatic carbocycles. The van der Waals surface area contributed by atoms with Crippen LogP contribution in [-0.2, 0) is 8.67 Å². The average molecular weight is 472 g/mol. The van der Waals surface area contributed by atoms with Gasteiger partial charge in [-0.05, 0) is 0 Å². The Morgan fingerprint density at radius 1 is 0.960 bits per heavy atom. The SMILES string of the molecule is CC1(C)OI(C(F)(F)C(F)(F)Oc2ccc(F)cc2)c2ccccc21. The molecule has 1 aliphatic rings. The van der Waals surface area contributed by atoms with E-state index in [4.69, 9.17) is 3.07 Å². The van der Waals surface area contributed by atoms with Gasteiger partial charge in [-0.2, -0.15) is 0 Å². The molecule has 0 fully saturated rings. The van der Waals surface area contributed by atoms with Gasteiger partial charge in [0.1, 0.15) is 0 Å². The van der Waals surface area contributed by atoms with Crippen LogP contribution in [0.15, 0.2) is 48.5 Å². The van der Waals surface area contributed by atoms with Gasteiger partial charge in [-0.15, -0.1) is 0 Å². The summed E-state index contributed by atoms with van der Waals surface area (Å²) in [5.74, 6) is -1.23. The zero-order chi connectivity index (χ0) is 18.5. The number of hydrogen-bond acceptors (Lipinski definition) is 2. The van der Waals surface area contributed by atoms with Gasteiger partial charge in [-0.1, -0.05) is 0 Å². The summed E-state index contributed by atoms with van der Waals surface area (Å²) in [6.45, 7) is 3.14. The average Bonchev–Trinajstić information content (AvgIpc) is 2.82. The van der Waals surface area contributed by atoms with Crippen LogP contribution < -0.4 is 4.74 Å². The molecular weight excluding hydrogens is 458 g/mol. The number of rotatable bonds is 4. The van der Waals surface area contributed by atoms with Crippen LogP contribution in [0.25, 0.3) is 0 Å². The molecule has 0 saturated heterocycles. The molecule has 2 aromatic rings. The molecule has 25 heavy (non-hydrogen) atoms. The number of hydrogen-bond donors (Lipinski definition) is 0. The molecule has 0 amide bonds. The summed E-state index contributed by atoms with van der Waals surface area (Å²) in [5.41, 5.74) is -0.589. The summed E-state index contributed by atoms with van der Waals surface area (Å²) >= 11 is -4.09. The molecule has 2 nitrogen and oxygen atoms in total. The molecule has 0 radical (unpaired) electrons. The van der Waals surface area contributed by atoms with Crippen molar-refractivity contribution in [1.29, 1.82) is 0 Å². The monoisotopic (exact) mass is 472 g/mol. The van der Waals surface area contributed by atoms with Crippen LogP contribution in [0.3, 0.4) is 0 Å². The summed E-state index contributed by atoms with van der Waals surface area (Å²) in [5, 5.41) is 0. The summed E-state index contributed by atoms with van der Waals surface area (Å²) in [4.78, 5) is 0. The predicted octanol–water partition coefficient (Wildman–Crippen LogP) is 5.95. The van der Waals surface area contributed by atoms with E-state index in [9.17, 15) is 22.0 Å². The molecule has 0 N–H and O–H groups in total. The first-order valence-electron chi connectivity index (χ1n) is 7.24. The molecule has 1 heterocycles. The normalized spacial score (nSPS) is 18.1. The molecule has 136 valence electrons. The number of ether oxygens (including phenoxy) is 1. The van der Waals surface area contributed by atoms with Crippen LogP contribution in [-0.4, -0.2) is 10.0 Å². The first kappa shape index (κ1) is 18.4. The van der Waals surface area contributed by atoms with Crippen LogP contribution in [0.2, 0.25) is 0 Å². The molecular formula is C17H14F5IO2. The molecule has 0 bridgehead atoms. The Hall–Kier alpha value is -1.42. The molecule has 0 atom stereocenters. The van der Waals surface area contributed by atoms with E-state index < -0.39 is 47.4 Å². The molecule has 0 aliphatic carbocycles. The second kappa shape index (κ2) is 6.08. The van der Waals surface area contributed by atoms with Gasteiger partial charge < -0.3 is 0 Å². The van der Waals surface area contributed by atoms with Crippen molar-refractivity contribution < 1.29 is 29.8 Å². The Labute approximate surface area is 148 Å². The van der Waals surface area contributed by atoms with Crippen molar-refractivity contribution in [2.24, 2.45) is 0 Å². The van der Waals surface area contributed by atoms with E-state index in [0.29, 0.717) is 5.56 Å². The number of alkyl halides is 5. The number of fused-ring (bicyclic) bond motifs is 1. The second-order valence-corrected chi connectivity index (χ2v) is 10.3. The van der Waals surface area contributed by atoms with E-state index in [1.54, 1.807) is 26.0 Å². The van der Waals surface area contributed by atoms with Crippen molar-refractivity contribution in [3.05, 3.63) is 63.5 Å². The fourth-order valence-corrected chi connectivity index (χ4v) is 7.51. The van der Waals surface area contributed by atoms with E-state index in [0.717, 1.165) is 24.3 Å². The first-order valence-corrected chi connectivity index (χ1v) is 10.3. The van der Waals surface area contributed by atoms with Gasteiger partial charge in [-0.25, -0.2) is 0 Å². The van der Waals surface area contributed by atoms with Crippen molar-refractivity contribution in [3.8, 4) is 5.75 Å². The third-order valence-corrected chi connectivity index (χ3v) is 8.98. The summed E-state index contributed by atoms with van der Waals surface area (Å²) in [7, 11) is 0. The molecule has 3 rings (SSSR count). The van der Waals surface area contributed by atoms with Crippen molar-refractivity contribution >= 4 is 20.2 Å². The van der Waals surface area contributed by atoms with Crippen LogP contribution in [0.1, 0.15) is 19.4 Å². The predicted molar refractivity (Wildman–Crippen MR) is 90.2 cm³/mol. The first-order chi connectivity index (χ1) is 11.5. The van der Waals surface area contributed by atoms with Gasteiger partial charge in [0, 0.05) is 0 Å². The maximum absolute atomic E-state index is 14.7. The van der Waals surface area contributed by atoms with Gasteiger partial charge in [0.2, 0.25) is 0 Å². The fraction of sp³-hybridized carbons (Fsp3) is 0.294. The Morgan fingerprint density at radius 2 is 1.56 bits per heavy atom. The van der Waals surface area contributed by atoms with Crippen molar-refractivity contribution in [3.63, 3.8) is 0 Å². The van der Waals surface area contributed by atoms with E-state index in [1.165, 1.54) is 12.1 Å². The van der Waals surface area contributed by atoms with Crippen molar-refractivity contribution in [2.75, 3.05) is 0 Å². The van der Waals surface area contributed by atoms with E-state index in [2.05, 4.69) is 4.74 Å². The van der Waals surface area contributed by atoms with Gasteiger partial charge in [0.05, 0.1) is 0 Å². The summed E-state index contributed by atoms with van der Waals surface area (Å²) < 4.78 is 76.1. The number of benzene rings is 2. The van der Waals surface area contributed by atoms with Crippen molar-refractivity contribution in [1.82, 2.24) is 0 Å². The summed E-state index contributed by atoms with van der Waals surface area (Å²) in [6.07, 6.45) is -4.79. The minimum absolute atomic E-state index is 0.143. The zero-order valence-electron chi connectivity index (χ0n) is 13.2. The minimum atomic E-state index is -4.79. The molecule has 0 saturated carbocycles. The third kappa shape index (κ3) is 3.21. The molecule has 1 aliphatic heterocycles. The van der Waals surface area contributed by atoms with Gasteiger partial charge in [0.25, 0.3) is 0 Å². The topological polar surface area (TPSA) is 18.5 Å². The molecule has 8 heteroatoms. The van der Waals surface area contributed by atoms with Crippen LogP contribution in [0.4, 0.5) is 22.0 Å². The van der Waals surface area contributed by atoms with E-state index >= 15 is 0 Å². The van der Waals surface area contributed by atoms with Gasteiger partial charge in [0.15, 0.2) is 0 Å². The van der Waals surface area contributed by atoms with E-state index in [1.807, 2.05) is 0 Å². The second-order valence-electron chi connectivity index (χ2n) is 5.89. The molecule has 0 unspecified atom stereocenters. The van der Waals surface area contributed by atoms with Crippen LogP contribution in [0.5, 0.6) is 5.75 Å². The van der Waals surface area contributed by atoms with Crippen molar-refractivity contribution in [2.45, 2.75) is 29.5 Å². The van der Waals surface area contributed by atoms with Gasteiger partial charge in [-0.3, -0.25) is 0 Å². The Bertz CT molecular complexity index is 777. The Kier molecular flexibility index (Phi) is 4.47. The summed E-state index contributed by atoms with van der Waals surface area (Å²) in [6, 6.07) is 9.61.